The fraction of sp³-hybridized carbons (Fsp3) is 0.188. The minimum absolute atomic E-state index is 0.0695. The summed E-state index contributed by atoms with van der Waals surface area (Å²) in [6.45, 7) is 1.80. The van der Waals surface area contributed by atoms with E-state index in [2.05, 4.69) is 15.3 Å². The molecule has 0 aliphatic rings. The van der Waals surface area contributed by atoms with Crippen molar-refractivity contribution in [1.82, 2.24) is 9.97 Å². The van der Waals surface area contributed by atoms with Crippen molar-refractivity contribution in [3.63, 3.8) is 0 Å². The van der Waals surface area contributed by atoms with Crippen molar-refractivity contribution in [3.8, 4) is 5.75 Å². The third-order valence-corrected chi connectivity index (χ3v) is 3.66. The number of nitro benzene ring substituents is 1. The van der Waals surface area contributed by atoms with Crippen LogP contribution in [-0.2, 0) is 0 Å². The lowest BCUT2D eigenvalue weighted by Crippen LogP contribution is -2.10. The van der Waals surface area contributed by atoms with Gasteiger partial charge < -0.3 is 15.0 Å². The summed E-state index contributed by atoms with van der Waals surface area (Å²) in [5, 5.41) is 14.2. The Morgan fingerprint density at radius 2 is 2.12 bits per heavy atom. The molecule has 8 heteroatoms. The molecule has 1 atom stereocenters. The number of imidazole rings is 1. The molecular formula is C16H15FN4O3. The summed E-state index contributed by atoms with van der Waals surface area (Å²) in [5.41, 5.74) is 1.46. The molecule has 1 aromatic heterocycles. The van der Waals surface area contributed by atoms with Gasteiger partial charge >= 0.3 is 0 Å². The fourth-order valence-corrected chi connectivity index (χ4v) is 2.45. The highest BCUT2D eigenvalue weighted by molar-refractivity contribution is 5.75. The Labute approximate surface area is 136 Å². The first-order valence-corrected chi connectivity index (χ1v) is 7.22. The number of aromatic amines is 1. The van der Waals surface area contributed by atoms with Crippen LogP contribution in [0.15, 0.2) is 36.4 Å². The number of para-hydroxylation sites is 2. The molecule has 0 radical (unpaired) electrons. The van der Waals surface area contributed by atoms with E-state index < -0.39 is 10.7 Å². The zero-order valence-corrected chi connectivity index (χ0v) is 13.0. The molecule has 2 N–H and O–H groups in total. The summed E-state index contributed by atoms with van der Waals surface area (Å²) in [5.74, 6) is -0.236. The van der Waals surface area contributed by atoms with Crippen LogP contribution >= 0.6 is 0 Å². The minimum Gasteiger partial charge on any atom is -0.494 e. The molecule has 3 aromatic rings. The molecule has 0 bridgehead atoms. The predicted octanol–water partition coefficient (Wildman–Crippen LogP) is 3.79. The molecule has 2 aromatic carbocycles. The summed E-state index contributed by atoms with van der Waals surface area (Å²) < 4.78 is 18.6. The molecule has 24 heavy (non-hydrogen) atoms. The minimum atomic E-state index is -0.786. The van der Waals surface area contributed by atoms with E-state index in [0.717, 1.165) is 17.1 Å². The first-order valence-electron chi connectivity index (χ1n) is 7.22. The van der Waals surface area contributed by atoms with Crippen LogP contribution in [0.5, 0.6) is 5.75 Å². The number of aromatic nitrogens is 2. The third-order valence-electron chi connectivity index (χ3n) is 3.66. The van der Waals surface area contributed by atoms with E-state index in [1.807, 2.05) is 24.3 Å². The quantitative estimate of drug-likeness (QED) is 0.548. The molecule has 0 aliphatic carbocycles. The molecule has 1 unspecified atom stereocenters. The van der Waals surface area contributed by atoms with Gasteiger partial charge in [-0.15, -0.1) is 0 Å². The van der Waals surface area contributed by atoms with Crippen molar-refractivity contribution < 1.29 is 14.1 Å². The number of anilines is 1. The van der Waals surface area contributed by atoms with Crippen molar-refractivity contribution in [2.24, 2.45) is 0 Å². The van der Waals surface area contributed by atoms with E-state index in [9.17, 15) is 14.5 Å². The Morgan fingerprint density at radius 1 is 1.38 bits per heavy atom. The smallest absolute Gasteiger partial charge is 0.295 e. The summed E-state index contributed by atoms with van der Waals surface area (Å²) in [6.07, 6.45) is 0. The number of halogens is 1. The van der Waals surface area contributed by atoms with Gasteiger partial charge in [0, 0.05) is 6.07 Å². The highest BCUT2D eigenvalue weighted by atomic mass is 19.1. The molecule has 0 spiro atoms. The maximum atomic E-state index is 13.7. The first-order chi connectivity index (χ1) is 11.5. The van der Waals surface area contributed by atoms with Gasteiger partial charge in [-0.3, -0.25) is 10.1 Å². The zero-order valence-electron chi connectivity index (χ0n) is 13.0. The Hall–Kier alpha value is -3.16. The lowest BCUT2D eigenvalue weighted by molar-refractivity contribution is -0.384. The van der Waals surface area contributed by atoms with Gasteiger partial charge in [0.2, 0.25) is 0 Å². The third kappa shape index (κ3) is 2.85. The van der Waals surface area contributed by atoms with Gasteiger partial charge in [0.15, 0.2) is 11.6 Å². The van der Waals surface area contributed by atoms with Crippen molar-refractivity contribution in [1.29, 1.82) is 0 Å². The van der Waals surface area contributed by atoms with Crippen LogP contribution in [0, 0.1) is 15.9 Å². The second-order valence-electron chi connectivity index (χ2n) is 5.27. The number of ether oxygens (including phenoxy) is 1. The van der Waals surface area contributed by atoms with E-state index in [-0.39, 0.29) is 23.2 Å². The number of nitro groups is 1. The van der Waals surface area contributed by atoms with Crippen LogP contribution < -0.4 is 10.1 Å². The van der Waals surface area contributed by atoms with Gasteiger partial charge in [0.05, 0.1) is 35.2 Å². The van der Waals surface area contributed by atoms with Gasteiger partial charge in [-0.1, -0.05) is 12.1 Å². The summed E-state index contributed by atoms with van der Waals surface area (Å²) in [6, 6.07) is 9.27. The molecular weight excluding hydrogens is 315 g/mol. The SMILES string of the molecule is COc1cc(NC(C)c2nc3ccccc3[nH]2)c([N+](=O)[O-])cc1F. The largest absolute Gasteiger partial charge is 0.494 e. The number of hydrogen-bond donors (Lipinski definition) is 2. The number of nitrogens with zero attached hydrogens (tertiary/aromatic N) is 2. The number of H-pyrrole nitrogens is 1. The molecule has 0 amide bonds. The highest BCUT2D eigenvalue weighted by Gasteiger charge is 2.21. The number of nitrogens with one attached hydrogen (secondary N) is 2. The summed E-state index contributed by atoms with van der Waals surface area (Å²) in [4.78, 5) is 18.1. The monoisotopic (exact) mass is 330 g/mol. The van der Waals surface area contributed by atoms with Crippen LogP contribution in [-0.4, -0.2) is 22.0 Å². The fourth-order valence-electron chi connectivity index (χ4n) is 2.45. The lowest BCUT2D eigenvalue weighted by atomic mass is 10.2. The Morgan fingerprint density at radius 3 is 2.79 bits per heavy atom. The second-order valence-corrected chi connectivity index (χ2v) is 5.27. The number of methoxy groups -OCH3 is 1. The van der Waals surface area contributed by atoms with E-state index >= 15 is 0 Å². The molecule has 124 valence electrons. The van der Waals surface area contributed by atoms with Gasteiger partial charge in [-0.25, -0.2) is 9.37 Å². The normalized spacial score (nSPS) is 12.1. The standard InChI is InChI=1S/C16H15FN4O3/c1-9(16-19-11-5-3-4-6-12(11)20-16)18-13-8-15(24-2)10(17)7-14(13)21(22)23/h3-9,18H,1-2H3,(H,19,20). The number of benzene rings is 2. The van der Waals surface area contributed by atoms with Crippen LogP contribution in [0.2, 0.25) is 0 Å². The molecule has 0 aliphatic heterocycles. The Kier molecular flexibility index (Phi) is 4.03. The van der Waals surface area contributed by atoms with Crippen molar-refractivity contribution >= 4 is 22.4 Å². The maximum absolute atomic E-state index is 13.7. The van der Waals surface area contributed by atoms with Gasteiger partial charge in [0.1, 0.15) is 11.5 Å². The topological polar surface area (TPSA) is 93.1 Å². The van der Waals surface area contributed by atoms with E-state index in [4.69, 9.17) is 4.74 Å². The molecule has 0 fully saturated rings. The average molecular weight is 330 g/mol. The maximum Gasteiger partial charge on any atom is 0.295 e. The van der Waals surface area contributed by atoms with Crippen LogP contribution in [0.1, 0.15) is 18.8 Å². The number of hydrogen-bond acceptors (Lipinski definition) is 5. The van der Waals surface area contributed by atoms with Crippen LogP contribution in [0.4, 0.5) is 15.8 Å². The van der Waals surface area contributed by atoms with Crippen molar-refractivity contribution in [2.45, 2.75) is 13.0 Å². The molecule has 0 saturated heterocycles. The average Bonchev–Trinajstić information content (AvgIpc) is 3.00. The Balaban J connectivity index is 1.95. The van der Waals surface area contributed by atoms with Crippen LogP contribution in [0.25, 0.3) is 11.0 Å². The zero-order chi connectivity index (χ0) is 17.3. The second kappa shape index (κ2) is 6.15. The summed E-state index contributed by atoms with van der Waals surface area (Å²) in [7, 11) is 1.30. The van der Waals surface area contributed by atoms with Crippen molar-refractivity contribution in [2.75, 3.05) is 12.4 Å². The van der Waals surface area contributed by atoms with Crippen LogP contribution in [0.3, 0.4) is 0 Å². The number of rotatable bonds is 5. The van der Waals surface area contributed by atoms with E-state index in [1.54, 1.807) is 6.92 Å². The predicted molar refractivity (Wildman–Crippen MR) is 87.7 cm³/mol. The van der Waals surface area contributed by atoms with E-state index in [0.29, 0.717) is 5.82 Å². The number of fused-ring (bicyclic) bond motifs is 1. The first kappa shape index (κ1) is 15.7. The van der Waals surface area contributed by atoms with Gasteiger partial charge in [-0.2, -0.15) is 0 Å². The molecule has 3 rings (SSSR count). The molecule has 1 heterocycles. The highest BCUT2D eigenvalue weighted by Crippen LogP contribution is 2.33. The van der Waals surface area contributed by atoms with Gasteiger partial charge in [0.25, 0.3) is 5.69 Å². The Bertz CT molecular complexity index is 876. The summed E-state index contributed by atoms with van der Waals surface area (Å²) >= 11 is 0. The molecule has 7 nitrogen and oxygen atoms in total. The van der Waals surface area contributed by atoms with E-state index in [1.165, 1.54) is 13.2 Å². The lowest BCUT2D eigenvalue weighted by Gasteiger charge is -2.14. The van der Waals surface area contributed by atoms with Gasteiger partial charge in [-0.05, 0) is 19.1 Å². The van der Waals surface area contributed by atoms with Crippen molar-refractivity contribution in [3.05, 3.63) is 58.2 Å². The molecule has 0 saturated carbocycles.